The minimum atomic E-state index is -0.328. The largest absolute Gasteiger partial charge is 0.462 e. The number of carbonyl (C=O) groups is 1. The summed E-state index contributed by atoms with van der Waals surface area (Å²) in [6, 6.07) is 5.93. The fraction of sp³-hybridized carbons (Fsp3) is 0.357. The summed E-state index contributed by atoms with van der Waals surface area (Å²) in [5.41, 5.74) is 2.51. The molecule has 5 heteroatoms. The van der Waals surface area contributed by atoms with Crippen LogP contribution < -0.4 is 0 Å². The lowest BCUT2D eigenvalue weighted by Gasteiger charge is -2.03. The van der Waals surface area contributed by atoms with E-state index in [1.807, 2.05) is 25.1 Å². The predicted octanol–water partition coefficient (Wildman–Crippen LogP) is 1.91. The summed E-state index contributed by atoms with van der Waals surface area (Å²) in [5.74, 6) is -0.328. The zero-order valence-electron chi connectivity index (χ0n) is 11.2. The molecule has 0 aromatic carbocycles. The number of hydrogen-bond donors (Lipinski definition) is 0. The third-order valence-corrected chi connectivity index (χ3v) is 2.70. The molecule has 0 saturated heterocycles. The van der Waals surface area contributed by atoms with Crippen molar-refractivity contribution >= 4 is 5.97 Å². The summed E-state index contributed by atoms with van der Waals surface area (Å²) >= 11 is 0. The molecule has 0 unspecified atom stereocenters. The number of aromatic nitrogens is 3. The minimum Gasteiger partial charge on any atom is -0.462 e. The average Bonchev–Trinajstić information content (AvgIpc) is 2.81. The van der Waals surface area contributed by atoms with Crippen molar-refractivity contribution < 1.29 is 9.53 Å². The van der Waals surface area contributed by atoms with Gasteiger partial charge >= 0.3 is 5.97 Å². The van der Waals surface area contributed by atoms with E-state index in [-0.39, 0.29) is 5.97 Å². The van der Waals surface area contributed by atoms with Crippen LogP contribution in [0.25, 0.3) is 0 Å². The van der Waals surface area contributed by atoms with Crippen molar-refractivity contribution in [3.05, 3.63) is 47.5 Å². The Hall–Kier alpha value is -2.17. The summed E-state index contributed by atoms with van der Waals surface area (Å²) in [7, 11) is 1.76. The van der Waals surface area contributed by atoms with Gasteiger partial charge in [-0.3, -0.25) is 9.67 Å². The standard InChI is InChI=1S/C14H17N3O2/c1-11-5-3-6-13(16-11)7-4-8-19-14(18)12-9-15-17(2)10-12/h3,5-6,9-10H,4,7-8H2,1-2H3. The second kappa shape index (κ2) is 6.13. The quantitative estimate of drug-likeness (QED) is 0.608. The highest BCUT2D eigenvalue weighted by atomic mass is 16.5. The number of carbonyl (C=O) groups excluding carboxylic acids is 1. The first-order valence-corrected chi connectivity index (χ1v) is 6.23. The minimum absolute atomic E-state index is 0.328. The van der Waals surface area contributed by atoms with Gasteiger partial charge in [0.2, 0.25) is 0 Å². The van der Waals surface area contributed by atoms with Crippen molar-refractivity contribution in [2.75, 3.05) is 6.61 Å². The van der Waals surface area contributed by atoms with Crippen molar-refractivity contribution in [2.24, 2.45) is 7.05 Å². The highest BCUT2D eigenvalue weighted by molar-refractivity contribution is 5.88. The van der Waals surface area contributed by atoms with Crippen molar-refractivity contribution in [1.29, 1.82) is 0 Å². The Balaban J connectivity index is 1.74. The summed E-state index contributed by atoms with van der Waals surface area (Å²) in [6.45, 7) is 2.36. The maximum absolute atomic E-state index is 11.6. The Morgan fingerprint density at radius 2 is 2.26 bits per heavy atom. The van der Waals surface area contributed by atoms with Gasteiger partial charge < -0.3 is 4.74 Å². The SMILES string of the molecule is Cc1cccc(CCCOC(=O)c2cnn(C)c2)n1. The molecule has 0 atom stereocenters. The van der Waals surface area contributed by atoms with Gasteiger partial charge in [0, 0.05) is 24.6 Å². The van der Waals surface area contributed by atoms with Gasteiger partial charge in [-0.1, -0.05) is 6.07 Å². The smallest absolute Gasteiger partial charge is 0.341 e. The van der Waals surface area contributed by atoms with Gasteiger partial charge in [-0.05, 0) is 31.9 Å². The molecule has 0 bridgehead atoms. The summed E-state index contributed by atoms with van der Waals surface area (Å²) in [4.78, 5) is 16.0. The third kappa shape index (κ3) is 3.91. The second-order valence-corrected chi connectivity index (χ2v) is 4.41. The first-order chi connectivity index (χ1) is 9.15. The molecule has 2 aromatic rings. The van der Waals surface area contributed by atoms with Crippen LogP contribution in [0.4, 0.5) is 0 Å². The lowest BCUT2D eigenvalue weighted by molar-refractivity contribution is 0.0500. The third-order valence-electron chi connectivity index (χ3n) is 2.70. The maximum Gasteiger partial charge on any atom is 0.341 e. The fourth-order valence-electron chi connectivity index (χ4n) is 1.77. The van der Waals surface area contributed by atoms with Crippen LogP contribution in [0.3, 0.4) is 0 Å². The van der Waals surface area contributed by atoms with Gasteiger partial charge in [0.15, 0.2) is 0 Å². The van der Waals surface area contributed by atoms with Gasteiger partial charge in [-0.15, -0.1) is 0 Å². The first kappa shape index (κ1) is 13.3. The fourth-order valence-corrected chi connectivity index (χ4v) is 1.77. The molecular formula is C14H17N3O2. The van der Waals surface area contributed by atoms with Crippen molar-refractivity contribution in [2.45, 2.75) is 19.8 Å². The average molecular weight is 259 g/mol. The molecule has 2 heterocycles. The monoisotopic (exact) mass is 259 g/mol. The van der Waals surface area contributed by atoms with Gasteiger partial charge in [0.25, 0.3) is 0 Å². The molecule has 0 aliphatic heterocycles. The molecule has 0 radical (unpaired) electrons. The molecule has 100 valence electrons. The van der Waals surface area contributed by atoms with Crippen LogP contribution in [0.15, 0.2) is 30.6 Å². The number of pyridine rings is 1. The highest BCUT2D eigenvalue weighted by Gasteiger charge is 2.08. The maximum atomic E-state index is 11.6. The van der Waals surface area contributed by atoms with E-state index in [9.17, 15) is 4.79 Å². The molecule has 0 amide bonds. The predicted molar refractivity (Wildman–Crippen MR) is 70.8 cm³/mol. The van der Waals surface area contributed by atoms with Gasteiger partial charge in [-0.2, -0.15) is 5.10 Å². The van der Waals surface area contributed by atoms with E-state index in [1.54, 1.807) is 17.9 Å². The highest BCUT2D eigenvalue weighted by Crippen LogP contribution is 2.04. The van der Waals surface area contributed by atoms with Gasteiger partial charge in [0.05, 0.1) is 18.4 Å². The van der Waals surface area contributed by atoms with Crippen LogP contribution in [-0.2, 0) is 18.2 Å². The van der Waals surface area contributed by atoms with E-state index < -0.39 is 0 Å². The van der Waals surface area contributed by atoms with E-state index >= 15 is 0 Å². The molecule has 19 heavy (non-hydrogen) atoms. The van der Waals surface area contributed by atoms with Crippen LogP contribution in [0, 0.1) is 6.92 Å². The Bertz CT molecular complexity index is 563. The van der Waals surface area contributed by atoms with Crippen LogP contribution in [-0.4, -0.2) is 27.3 Å². The Morgan fingerprint density at radius 1 is 1.42 bits per heavy atom. The zero-order chi connectivity index (χ0) is 13.7. The van der Waals surface area contributed by atoms with E-state index in [0.717, 1.165) is 24.2 Å². The molecule has 0 spiro atoms. The number of ether oxygens (including phenoxy) is 1. The summed E-state index contributed by atoms with van der Waals surface area (Å²) in [5, 5.41) is 3.93. The van der Waals surface area contributed by atoms with Crippen molar-refractivity contribution in [3.63, 3.8) is 0 Å². The Morgan fingerprint density at radius 3 is 2.95 bits per heavy atom. The van der Waals surface area contributed by atoms with Crippen molar-refractivity contribution in [1.82, 2.24) is 14.8 Å². The zero-order valence-corrected chi connectivity index (χ0v) is 11.2. The number of esters is 1. The van der Waals surface area contributed by atoms with Gasteiger partial charge in [-0.25, -0.2) is 4.79 Å². The van der Waals surface area contributed by atoms with Crippen LogP contribution in [0.1, 0.15) is 28.2 Å². The molecule has 0 aliphatic rings. The Labute approximate surface area is 112 Å². The number of nitrogens with zero attached hydrogens (tertiary/aromatic N) is 3. The molecule has 0 N–H and O–H groups in total. The normalized spacial score (nSPS) is 10.4. The molecule has 0 saturated carbocycles. The second-order valence-electron chi connectivity index (χ2n) is 4.41. The molecular weight excluding hydrogens is 242 g/mol. The topological polar surface area (TPSA) is 57.0 Å². The van der Waals surface area contributed by atoms with Crippen LogP contribution in [0.2, 0.25) is 0 Å². The van der Waals surface area contributed by atoms with Crippen molar-refractivity contribution in [3.8, 4) is 0 Å². The van der Waals surface area contributed by atoms with E-state index in [0.29, 0.717) is 12.2 Å². The number of rotatable bonds is 5. The lowest BCUT2D eigenvalue weighted by atomic mass is 10.2. The van der Waals surface area contributed by atoms with E-state index in [2.05, 4.69) is 10.1 Å². The van der Waals surface area contributed by atoms with E-state index in [1.165, 1.54) is 6.20 Å². The number of aryl methyl sites for hydroxylation is 3. The Kier molecular flexibility index (Phi) is 4.28. The summed E-state index contributed by atoms with van der Waals surface area (Å²) < 4.78 is 6.75. The summed E-state index contributed by atoms with van der Waals surface area (Å²) in [6.07, 6.45) is 4.72. The van der Waals surface area contributed by atoms with Crippen LogP contribution >= 0.6 is 0 Å². The molecule has 5 nitrogen and oxygen atoms in total. The molecule has 0 fully saturated rings. The van der Waals surface area contributed by atoms with Gasteiger partial charge in [0.1, 0.15) is 0 Å². The number of hydrogen-bond acceptors (Lipinski definition) is 4. The molecule has 2 aromatic heterocycles. The molecule has 2 rings (SSSR count). The lowest BCUT2D eigenvalue weighted by Crippen LogP contribution is -2.06. The van der Waals surface area contributed by atoms with Crippen LogP contribution in [0.5, 0.6) is 0 Å². The molecule has 0 aliphatic carbocycles. The van der Waals surface area contributed by atoms with E-state index in [4.69, 9.17) is 4.74 Å². The first-order valence-electron chi connectivity index (χ1n) is 6.23.